The van der Waals surface area contributed by atoms with Crippen LogP contribution in [0.4, 0.5) is 18.0 Å². The van der Waals surface area contributed by atoms with E-state index in [4.69, 9.17) is 5.11 Å². The minimum atomic E-state index is -4.30. The van der Waals surface area contributed by atoms with Crippen molar-refractivity contribution in [2.45, 2.75) is 25.6 Å². The van der Waals surface area contributed by atoms with Gasteiger partial charge in [-0.1, -0.05) is 12.1 Å². The van der Waals surface area contributed by atoms with E-state index in [1.54, 1.807) is 0 Å². The van der Waals surface area contributed by atoms with Crippen LogP contribution in [-0.2, 0) is 12.7 Å². The lowest BCUT2D eigenvalue weighted by Crippen LogP contribution is -2.39. The van der Waals surface area contributed by atoms with Gasteiger partial charge in [-0.05, 0) is 43.0 Å². The molecule has 0 spiro atoms. The number of alkyl halides is 3. The van der Waals surface area contributed by atoms with Gasteiger partial charge in [-0.3, -0.25) is 0 Å². The van der Waals surface area contributed by atoms with Crippen molar-refractivity contribution in [3.63, 3.8) is 0 Å². The molecule has 0 bridgehead atoms. The molecule has 0 atom stereocenters. The van der Waals surface area contributed by atoms with Gasteiger partial charge in [0.1, 0.15) is 0 Å². The van der Waals surface area contributed by atoms with E-state index in [1.807, 2.05) is 0 Å². The molecule has 0 radical (unpaired) electrons. The second kappa shape index (κ2) is 7.00. The average molecular weight is 316 g/mol. The van der Waals surface area contributed by atoms with Crippen molar-refractivity contribution in [3.05, 3.63) is 35.4 Å². The molecule has 4 nitrogen and oxygen atoms in total. The summed E-state index contributed by atoms with van der Waals surface area (Å²) >= 11 is 0. The summed E-state index contributed by atoms with van der Waals surface area (Å²) in [4.78, 5) is 12.2. The zero-order valence-electron chi connectivity index (χ0n) is 12.1. The van der Waals surface area contributed by atoms with E-state index in [9.17, 15) is 18.0 Å². The molecule has 0 aromatic heterocycles. The molecule has 1 heterocycles. The van der Waals surface area contributed by atoms with Crippen molar-refractivity contribution < 1.29 is 23.1 Å². The Morgan fingerprint density at radius 2 is 1.82 bits per heavy atom. The number of carbonyl (C=O) groups is 1. The summed E-state index contributed by atoms with van der Waals surface area (Å²) in [5, 5.41) is 12.1. The lowest BCUT2D eigenvalue weighted by atomic mass is 9.97. The minimum Gasteiger partial charge on any atom is -0.465 e. The van der Waals surface area contributed by atoms with Crippen LogP contribution in [0.25, 0.3) is 0 Å². The van der Waals surface area contributed by atoms with Gasteiger partial charge >= 0.3 is 12.3 Å². The SMILES string of the molecule is O=C(O)N1CCC(CNCc2ccc(C(F)(F)F)cc2)CC1. The third kappa shape index (κ3) is 4.62. The van der Waals surface area contributed by atoms with Crippen molar-refractivity contribution >= 4 is 6.09 Å². The van der Waals surface area contributed by atoms with Gasteiger partial charge < -0.3 is 15.3 Å². The number of benzene rings is 1. The normalized spacial score (nSPS) is 16.8. The molecule has 2 N–H and O–H groups in total. The van der Waals surface area contributed by atoms with Crippen molar-refractivity contribution in [1.82, 2.24) is 10.2 Å². The van der Waals surface area contributed by atoms with E-state index in [2.05, 4.69) is 5.32 Å². The molecule has 1 fully saturated rings. The summed E-state index contributed by atoms with van der Waals surface area (Å²) in [6, 6.07) is 5.12. The summed E-state index contributed by atoms with van der Waals surface area (Å²) in [6.07, 6.45) is -3.56. The molecule has 1 aromatic rings. The highest BCUT2D eigenvalue weighted by Crippen LogP contribution is 2.29. The third-order valence-electron chi connectivity index (χ3n) is 3.93. The molecule has 1 saturated heterocycles. The third-order valence-corrected chi connectivity index (χ3v) is 3.93. The topological polar surface area (TPSA) is 52.6 Å². The van der Waals surface area contributed by atoms with Gasteiger partial charge in [0, 0.05) is 19.6 Å². The van der Waals surface area contributed by atoms with E-state index in [-0.39, 0.29) is 0 Å². The first kappa shape index (κ1) is 16.6. The molecule has 1 aromatic carbocycles. The number of likely N-dealkylation sites (tertiary alicyclic amines) is 1. The Labute approximate surface area is 126 Å². The van der Waals surface area contributed by atoms with Gasteiger partial charge in [-0.2, -0.15) is 13.2 Å². The van der Waals surface area contributed by atoms with Gasteiger partial charge in [-0.15, -0.1) is 0 Å². The maximum Gasteiger partial charge on any atom is 0.416 e. The Morgan fingerprint density at radius 1 is 1.23 bits per heavy atom. The number of rotatable bonds is 4. The van der Waals surface area contributed by atoms with Crippen molar-refractivity contribution in [1.29, 1.82) is 0 Å². The van der Waals surface area contributed by atoms with Crippen molar-refractivity contribution in [2.24, 2.45) is 5.92 Å². The minimum absolute atomic E-state index is 0.407. The molecule has 0 saturated carbocycles. The molecule has 0 unspecified atom stereocenters. The molecule has 1 aliphatic heterocycles. The number of hydrogen-bond acceptors (Lipinski definition) is 2. The van der Waals surface area contributed by atoms with Crippen LogP contribution >= 0.6 is 0 Å². The van der Waals surface area contributed by atoms with Crippen LogP contribution in [0.3, 0.4) is 0 Å². The first-order valence-corrected chi connectivity index (χ1v) is 7.21. The van der Waals surface area contributed by atoms with Crippen LogP contribution in [0.5, 0.6) is 0 Å². The Hall–Kier alpha value is -1.76. The quantitative estimate of drug-likeness (QED) is 0.897. The summed E-state index contributed by atoms with van der Waals surface area (Å²) < 4.78 is 37.3. The van der Waals surface area contributed by atoms with Gasteiger partial charge in [0.2, 0.25) is 0 Å². The molecular weight excluding hydrogens is 297 g/mol. The molecule has 22 heavy (non-hydrogen) atoms. The fourth-order valence-electron chi connectivity index (χ4n) is 2.56. The van der Waals surface area contributed by atoms with Crippen LogP contribution < -0.4 is 5.32 Å². The summed E-state index contributed by atoms with van der Waals surface area (Å²) in [5.41, 5.74) is 0.160. The van der Waals surface area contributed by atoms with Gasteiger partial charge in [-0.25, -0.2) is 4.79 Å². The van der Waals surface area contributed by atoms with Crippen LogP contribution in [0.15, 0.2) is 24.3 Å². The number of hydrogen-bond donors (Lipinski definition) is 2. The fraction of sp³-hybridized carbons (Fsp3) is 0.533. The van der Waals surface area contributed by atoms with Gasteiger partial charge in [0.25, 0.3) is 0 Å². The maximum absolute atomic E-state index is 12.4. The van der Waals surface area contributed by atoms with Crippen molar-refractivity contribution in [2.75, 3.05) is 19.6 Å². The standard InChI is InChI=1S/C15H19F3N2O2/c16-15(17,18)13-3-1-11(2-4-13)9-19-10-12-5-7-20(8-6-12)14(21)22/h1-4,12,19H,5-10H2,(H,21,22). The number of piperidine rings is 1. The van der Waals surface area contributed by atoms with Crippen LogP contribution in [0.2, 0.25) is 0 Å². The summed E-state index contributed by atoms with van der Waals surface area (Å²) in [5.74, 6) is 0.407. The highest BCUT2D eigenvalue weighted by molar-refractivity contribution is 5.64. The number of halogens is 3. The zero-order chi connectivity index (χ0) is 16.2. The average Bonchev–Trinajstić information content (AvgIpc) is 2.47. The number of nitrogens with zero attached hydrogens (tertiary/aromatic N) is 1. The molecule has 1 amide bonds. The molecule has 122 valence electrons. The second-order valence-corrected chi connectivity index (χ2v) is 5.54. The number of carboxylic acid groups (broad SMARTS) is 1. The van der Waals surface area contributed by atoms with Gasteiger partial charge in [0.05, 0.1) is 5.56 Å². The largest absolute Gasteiger partial charge is 0.465 e. The van der Waals surface area contributed by atoms with E-state index in [0.717, 1.165) is 37.1 Å². The van der Waals surface area contributed by atoms with E-state index >= 15 is 0 Å². The maximum atomic E-state index is 12.4. The lowest BCUT2D eigenvalue weighted by Gasteiger charge is -2.30. The van der Waals surface area contributed by atoms with Crippen LogP contribution in [-0.4, -0.2) is 35.7 Å². The Balaban J connectivity index is 1.72. The van der Waals surface area contributed by atoms with Gasteiger partial charge in [0.15, 0.2) is 0 Å². The predicted molar refractivity (Wildman–Crippen MR) is 75.5 cm³/mol. The number of amides is 1. The Morgan fingerprint density at radius 3 is 2.32 bits per heavy atom. The highest BCUT2D eigenvalue weighted by atomic mass is 19.4. The molecule has 1 aliphatic rings. The summed E-state index contributed by atoms with van der Waals surface area (Å²) in [6.45, 7) is 2.34. The molecular formula is C15H19F3N2O2. The number of nitrogens with one attached hydrogen (secondary N) is 1. The van der Waals surface area contributed by atoms with E-state index < -0.39 is 17.8 Å². The predicted octanol–water partition coefficient (Wildman–Crippen LogP) is 3.19. The van der Waals surface area contributed by atoms with Crippen molar-refractivity contribution in [3.8, 4) is 0 Å². The smallest absolute Gasteiger partial charge is 0.416 e. The zero-order valence-corrected chi connectivity index (χ0v) is 12.1. The molecule has 0 aliphatic carbocycles. The monoisotopic (exact) mass is 316 g/mol. The first-order valence-electron chi connectivity index (χ1n) is 7.21. The van der Waals surface area contributed by atoms with Crippen LogP contribution in [0.1, 0.15) is 24.0 Å². The summed E-state index contributed by atoms with van der Waals surface area (Å²) in [7, 11) is 0. The lowest BCUT2D eigenvalue weighted by molar-refractivity contribution is -0.137. The van der Waals surface area contributed by atoms with Crippen LogP contribution in [0, 0.1) is 5.92 Å². The Bertz CT molecular complexity index is 495. The first-order chi connectivity index (χ1) is 10.4. The van der Waals surface area contributed by atoms with E-state index in [0.29, 0.717) is 25.6 Å². The fourth-order valence-corrected chi connectivity index (χ4v) is 2.56. The Kier molecular flexibility index (Phi) is 5.28. The molecule has 2 rings (SSSR count). The highest BCUT2D eigenvalue weighted by Gasteiger charge is 2.29. The van der Waals surface area contributed by atoms with E-state index in [1.165, 1.54) is 17.0 Å². The molecule has 7 heteroatoms. The second-order valence-electron chi connectivity index (χ2n) is 5.54.